The van der Waals surface area contributed by atoms with E-state index >= 15 is 0 Å². The smallest absolute Gasteiger partial charge is 0.330 e. The van der Waals surface area contributed by atoms with Gasteiger partial charge in [-0.25, -0.2) is 15.3 Å². The van der Waals surface area contributed by atoms with Crippen LogP contribution in [0.5, 0.6) is 0 Å². The summed E-state index contributed by atoms with van der Waals surface area (Å²) in [6, 6.07) is -0.366. The number of nitrogens with one attached hydrogen (secondary N) is 2. The third kappa shape index (κ3) is 3.79. The Labute approximate surface area is 99.2 Å². The maximum absolute atomic E-state index is 11.0. The second kappa shape index (κ2) is 5.27. The van der Waals surface area contributed by atoms with Crippen LogP contribution < -0.4 is 10.8 Å². The molecule has 0 aliphatic carbocycles. The Kier molecular flexibility index (Phi) is 4.26. The number of hydroxylamine groups is 1. The maximum atomic E-state index is 11.0. The largest absolute Gasteiger partial charge is 0.339 e. The van der Waals surface area contributed by atoms with Crippen molar-refractivity contribution < 1.29 is 9.63 Å². The van der Waals surface area contributed by atoms with Crippen molar-refractivity contribution in [1.29, 1.82) is 0 Å². The first-order valence-electron chi connectivity index (χ1n) is 4.95. The molecule has 1 aromatic heterocycles. The summed E-state index contributed by atoms with van der Waals surface area (Å²) in [6.45, 7) is 6.74. The molecule has 1 rings (SSSR count). The van der Waals surface area contributed by atoms with Crippen LogP contribution in [0.3, 0.4) is 0 Å². The fraction of sp³-hybridized carbons (Fsp3) is 0.600. The zero-order valence-corrected chi connectivity index (χ0v) is 10.8. The first-order chi connectivity index (χ1) is 7.43. The van der Waals surface area contributed by atoms with E-state index in [9.17, 15) is 4.79 Å². The van der Waals surface area contributed by atoms with E-state index in [1.807, 2.05) is 5.38 Å². The van der Waals surface area contributed by atoms with Gasteiger partial charge in [0.15, 0.2) is 0 Å². The van der Waals surface area contributed by atoms with Crippen LogP contribution in [0.1, 0.15) is 31.5 Å². The number of thiazole rings is 1. The number of nitrogens with zero attached hydrogens (tertiary/aromatic N) is 1. The molecule has 90 valence electrons. The lowest BCUT2D eigenvalue weighted by molar-refractivity contribution is 0.107. The lowest BCUT2D eigenvalue weighted by atomic mass is 9.93. The van der Waals surface area contributed by atoms with Crippen molar-refractivity contribution in [3.05, 3.63) is 16.1 Å². The van der Waals surface area contributed by atoms with E-state index < -0.39 is 0 Å². The van der Waals surface area contributed by atoms with Crippen molar-refractivity contribution in [3.8, 4) is 0 Å². The highest BCUT2D eigenvalue weighted by atomic mass is 32.1. The van der Waals surface area contributed by atoms with Gasteiger partial charge in [0.1, 0.15) is 5.01 Å². The number of urea groups is 1. The van der Waals surface area contributed by atoms with Crippen molar-refractivity contribution in [2.24, 2.45) is 0 Å². The minimum Gasteiger partial charge on any atom is -0.330 e. The number of carbonyl (C=O) groups is 1. The first kappa shape index (κ1) is 12.9. The van der Waals surface area contributed by atoms with Gasteiger partial charge in [-0.15, -0.1) is 11.3 Å². The average Bonchev–Trinajstić information content (AvgIpc) is 2.63. The lowest BCUT2D eigenvalue weighted by Crippen LogP contribution is -2.34. The summed E-state index contributed by atoms with van der Waals surface area (Å²) >= 11 is 1.54. The molecule has 0 fully saturated rings. The predicted octanol–water partition coefficient (Wildman–Crippen LogP) is 1.80. The van der Waals surface area contributed by atoms with Crippen LogP contribution in [0, 0.1) is 0 Å². The van der Waals surface area contributed by atoms with Gasteiger partial charge in [0.05, 0.1) is 19.3 Å². The van der Waals surface area contributed by atoms with Crippen LogP contribution in [-0.2, 0) is 16.8 Å². The van der Waals surface area contributed by atoms with Gasteiger partial charge in [0.25, 0.3) is 0 Å². The van der Waals surface area contributed by atoms with E-state index in [2.05, 4.69) is 41.4 Å². The van der Waals surface area contributed by atoms with Crippen molar-refractivity contribution in [2.75, 3.05) is 7.11 Å². The van der Waals surface area contributed by atoms with Crippen molar-refractivity contribution in [2.45, 2.75) is 32.7 Å². The van der Waals surface area contributed by atoms with Gasteiger partial charge in [0, 0.05) is 10.8 Å². The molecule has 2 amide bonds. The van der Waals surface area contributed by atoms with Crippen LogP contribution in [0.25, 0.3) is 0 Å². The number of carbonyl (C=O) groups excluding carboxylic acids is 1. The summed E-state index contributed by atoms with van der Waals surface area (Å²) in [7, 11) is 1.39. The molecule has 6 heteroatoms. The molecule has 1 aromatic rings. The zero-order chi connectivity index (χ0) is 12.2. The van der Waals surface area contributed by atoms with Gasteiger partial charge in [-0.2, -0.15) is 0 Å². The molecule has 0 unspecified atom stereocenters. The summed E-state index contributed by atoms with van der Waals surface area (Å²) in [5.41, 5.74) is 3.27. The second-order valence-electron chi connectivity index (χ2n) is 4.37. The van der Waals surface area contributed by atoms with Crippen molar-refractivity contribution in [1.82, 2.24) is 15.8 Å². The molecule has 0 aliphatic rings. The van der Waals surface area contributed by atoms with E-state index in [1.165, 1.54) is 7.11 Å². The number of aromatic nitrogens is 1. The first-order valence-corrected chi connectivity index (χ1v) is 5.83. The third-order valence-electron chi connectivity index (χ3n) is 1.92. The van der Waals surface area contributed by atoms with Gasteiger partial charge in [-0.3, -0.25) is 4.84 Å². The monoisotopic (exact) mass is 243 g/mol. The number of rotatable bonds is 3. The molecule has 2 N–H and O–H groups in total. The molecule has 0 aromatic carbocycles. The number of hydrogen-bond donors (Lipinski definition) is 2. The SMILES string of the molecule is CONC(=O)NCc1nc(C(C)(C)C)cs1. The van der Waals surface area contributed by atoms with Crippen LogP contribution >= 0.6 is 11.3 Å². The Balaban J connectivity index is 2.50. The minimum atomic E-state index is -0.366. The van der Waals surface area contributed by atoms with E-state index in [0.29, 0.717) is 6.54 Å². The third-order valence-corrected chi connectivity index (χ3v) is 2.76. The summed E-state index contributed by atoms with van der Waals surface area (Å²) < 4.78 is 0. The molecule has 0 atom stereocenters. The highest BCUT2D eigenvalue weighted by Gasteiger charge is 2.17. The summed E-state index contributed by atoms with van der Waals surface area (Å²) in [5, 5.41) is 5.54. The quantitative estimate of drug-likeness (QED) is 0.796. The van der Waals surface area contributed by atoms with E-state index in [0.717, 1.165) is 10.7 Å². The molecule has 0 radical (unpaired) electrons. The fourth-order valence-electron chi connectivity index (χ4n) is 1.02. The average molecular weight is 243 g/mol. The summed E-state index contributed by atoms with van der Waals surface area (Å²) in [6.07, 6.45) is 0. The molecule has 0 spiro atoms. The molecule has 0 aliphatic heterocycles. The van der Waals surface area contributed by atoms with Gasteiger partial charge in [-0.1, -0.05) is 20.8 Å². The normalized spacial score (nSPS) is 11.2. The summed E-state index contributed by atoms with van der Waals surface area (Å²) in [5.74, 6) is 0. The fourth-order valence-corrected chi connectivity index (χ4v) is 1.98. The van der Waals surface area contributed by atoms with Gasteiger partial charge >= 0.3 is 6.03 Å². The lowest BCUT2D eigenvalue weighted by Gasteiger charge is -2.14. The van der Waals surface area contributed by atoms with Gasteiger partial charge < -0.3 is 5.32 Å². The highest BCUT2D eigenvalue weighted by Crippen LogP contribution is 2.23. The number of amides is 2. The second-order valence-corrected chi connectivity index (χ2v) is 5.31. The molecule has 0 saturated heterocycles. The molecule has 5 nitrogen and oxygen atoms in total. The summed E-state index contributed by atoms with van der Waals surface area (Å²) in [4.78, 5) is 20.0. The highest BCUT2D eigenvalue weighted by molar-refractivity contribution is 7.09. The van der Waals surface area contributed by atoms with Crippen molar-refractivity contribution in [3.63, 3.8) is 0 Å². The van der Waals surface area contributed by atoms with Crippen molar-refractivity contribution >= 4 is 17.4 Å². The Bertz CT molecular complexity index is 357. The van der Waals surface area contributed by atoms with Crippen LogP contribution in [-0.4, -0.2) is 18.1 Å². The number of hydrogen-bond acceptors (Lipinski definition) is 4. The Morgan fingerprint density at radius 2 is 2.25 bits per heavy atom. The van der Waals surface area contributed by atoms with Gasteiger partial charge in [0.2, 0.25) is 0 Å². The zero-order valence-electron chi connectivity index (χ0n) is 9.96. The molecule has 0 bridgehead atoms. The molecule has 0 saturated carbocycles. The van der Waals surface area contributed by atoms with Crippen LogP contribution in [0.2, 0.25) is 0 Å². The Hall–Kier alpha value is -1.14. The van der Waals surface area contributed by atoms with E-state index in [-0.39, 0.29) is 11.4 Å². The van der Waals surface area contributed by atoms with E-state index in [1.54, 1.807) is 11.3 Å². The molecule has 16 heavy (non-hydrogen) atoms. The minimum absolute atomic E-state index is 0.0452. The topological polar surface area (TPSA) is 63.2 Å². The molecular weight excluding hydrogens is 226 g/mol. The van der Waals surface area contributed by atoms with Crippen LogP contribution in [0.4, 0.5) is 4.79 Å². The Morgan fingerprint density at radius 1 is 1.56 bits per heavy atom. The van der Waals surface area contributed by atoms with Gasteiger partial charge in [-0.05, 0) is 0 Å². The predicted molar refractivity (Wildman–Crippen MR) is 63.2 cm³/mol. The standard InChI is InChI=1S/C10H17N3O2S/c1-10(2,3)7-6-16-8(12-7)5-11-9(14)13-15-4/h6H,5H2,1-4H3,(H2,11,13,14). The molecule has 1 heterocycles. The maximum Gasteiger partial charge on any atom is 0.339 e. The van der Waals surface area contributed by atoms with E-state index in [4.69, 9.17) is 0 Å². The Morgan fingerprint density at radius 3 is 2.75 bits per heavy atom. The molecular formula is C10H17N3O2S. The van der Waals surface area contributed by atoms with Crippen LogP contribution in [0.15, 0.2) is 5.38 Å².